The third kappa shape index (κ3) is 5.79. The maximum atomic E-state index is 11.8. The zero-order valence-electron chi connectivity index (χ0n) is 17.9. The molecule has 0 atom stereocenters. The molecule has 1 aromatic carbocycles. The summed E-state index contributed by atoms with van der Waals surface area (Å²) in [5.41, 5.74) is 2.12. The van der Waals surface area contributed by atoms with E-state index in [1.807, 2.05) is 6.92 Å². The fraction of sp³-hybridized carbons (Fsp3) is 0.286. The van der Waals surface area contributed by atoms with E-state index in [9.17, 15) is 9.59 Å². The van der Waals surface area contributed by atoms with Crippen molar-refractivity contribution in [2.45, 2.75) is 6.92 Å². The second-order valence-electron chi connectivity index (χ2n) is 6.34. The number of rotatable bonds is 8. The van der Waals surface area contributed by atoms with Gasteiger partial charge in [0.05, 0.1) is 25.6 Å². The van der Waals surface area contributed by atoms with Gasteiger partial charge in [-0.2, -0.15) is 0 Å². The van der Waals surface area contributed by atoms with Gasteiger partial charge >= 0.3 is 12.2 Å². The predicted octanol–water partition coefficient (Wildman–Crippen LogP) is 3.00. The molecule has 0 saturated carbocycles. The number of fused-ring (bicyclic) bond motifs is 1. The van der Waals surface area contributed by atoms with Gasteiger partial charge in [-0.05, 0) is 37.3 Å². The van der Waals surface area contributed by atoms with Gasteiger partial charge in [-0.15, -0.1) is 0 Å². The number of benzene rings is 1. The number of anilines is 1. The minimum atomic E-state index is -0.866. The molecule has 11 nitrogen and oxygen atoms in total. The Morgan fingerprint density at radius 2 is 1.88 bits per heavy atom. The van der Waals surface area contributed by atoms with Crippen molar-refractivity contribution in [2.24, 2.45) is 0 Å². The molecular formula is C21H23N5O6. The standard InChI is InChI=1S/C21H23N5O6/c1-4-22-20(27)26-18-8-6-14-19(25-18)24-15(12-23-14)13-5-7-16(17(11-13)30-3)32-21(28)31-10-9-29-2/h5-8,11-12H,4,9-10H2,1-3H3,(H2,22,24,25,26,27). The van der Waals surface area contributed by atoms with E-state index in [2.05, 4.69) is 25.6 Å². The van der Waals surface area contributed by atoms with Gasteiger partial charge in [0.15, 0.2) is 17.1 Å². The molecule has 0 aliphatic heterocycles. The van der Waals surface area contributed by atoms with Crippen LogP contribution in [-0.4, -0.2) is 61.1 Å². The number of urea groups is 1. The third-order valence-corrected chi connectivity index (χ3v) is 4.15. The number of aromatic nitrogens is 3. The zero-order chi connectivity index (χ0) is 22.9. The third-order valence-electron chi connectivity index (χ3n) is 4.15. The number of hydrogen-bond acceptors (Lipinski definition) is 9. The minimum absolute atomic E-state index is 0.0758. The average Bonchev–Trinajstić information content (AvgIpc) is 2.79. The van der Waals surface area contributed by atoms with E-state index in [1.165, 1.54) is 14.2 Å². The molecule has 0 bridgehead atoms. The summed E-state index contributed by atoms with van der Waals surface area (Å²) < 4.78 is 20.2. The second-order valence-corrected chi connectivity index (χ2v) is 6.34. The van der Waals surface area contributed by atoms with E-state index < -0.39 is 6.16 Å². The molecule has 0 radical (unpaired) electrons. The Labute approximate surface area is 184 Å². The number of nitrogens with one attached hydrogen (secondary N) is 2. The molecule has 0 saturated heterocycles. The van der Waals surface area contributed by atoms with E-state index in [0.29, 0.717) is 40.5 Å². The number of ether oxygens (including phenoxy) is 4. The van der Waals surface area contributed by atoms with Gasteiger partial charge in [-0.1, -0.05) is 0 Å². The summed E-state index contributed by atoms with van der Waals surface area (Å²) in [5, 5.41) is 5.27. The Bertz CT molecular complexity index is 1110. The number of pyridine rings is 1. The number of hydrogen-bond donors (Lipinski definition) is 2. The lowest BCUT2D eigenvalue weighted by atomic mass is 10.1. The molecule has 2 amide bonds. The van der Waals surface area contributed by atoms with Crippen molar-refractivity contribution in [3.8, 4) is 22.8 Å². The van der Waals surface area contributed by atoms with Gasteiger partial charge in [0.1, 0.15) is 17.9 Å². The summed E-state index contributed by atoms with van der Waals surface area (Å²) in [6.45, 7) is 2.66. The fourth-order valence-electron chi connectivity index (χ4n) is 2.67. The predicted molar refractivity (Wildman–Crippen MR) is 116 cm³/mol. The van der Waals surface area contributed by atoms with E-state index in [-0.39, 0.29) is 25.0 Å². The van der Waals surface area contributed by atoms with Crippen LogP contribution in [0.15, 0.2) is 36.5 Å². The van der Waals surface area contributed by atoms with E-state index in [0.717, 1.165) is 0 Å². The molecule has 11 heteroatoms. The molecular weight excluding hydrogens is 418 g/mol. The van der Waals surface area contributed by atoms with Crippen LogP contribution in [0.4, 0.5) is 15.4 Å². The number of nitrogens with zero attached hydrogens (tertiary/aromatic N) is 3. The quantitative estimate of drug-likeness (QED) is 0.307. The molecule has 0 aliphatic rings. The van der Waals surface area contributed by atoms with Gasteiger partial charge in [-0.3, -0.25) is 10.3 Å². The second kappa shape index (κ2) is 10.9. The van der Waals surface area contributed by atoms with Crippen molar-refractivity contribution >= 4 is 29.2 Å². The Kier molecular flexibility index (Phi) is 7.70. The summed E-state index contributed by atoms with van der Waals surface area (Å²) in [6.07, 6.45) is 0.727. The summed E-state index contributed by atoms with van der Waals surface area (Å²) in [5.74, 6) is 0.856. The Morgan fingerprint density at radius 3 is 2.62 bits per heavy atom. The van der Waals surface area contributed by atoms with Crippen LogP contribution in [0.3, 0.4) is 0 Å². The molecule has 0 unspecified atom stereocenters. The summed E-state index contributed by atoms with van der Waals surface area (Å²) >= 11 is 0. The molecule has 0 fully saturated rings. The molecule has 0 aliphatic carbocycles. The van der Waals surface area contributed by atoms with Crippen LogP contribution < -0.4 is 20.1 Å². The first kappa shape index (κ1) is 22.7. The SMILES string of the molecule is CCNC(=O)Nc1ccc2ncc(-c3ccc(OC(=O)OCCOC)c(OC)c3)nc2n1. The maximum Gasteiger partial charge on any atom is 0.514 e. The largest absolute Gasteiger partial charge is 0.514 e. The summed E-state index contributed by atoms with van der Waals surface area (Å²) in [4.78, 5) is 36.8. The fourth-order valence-corrected chi connectivity index (χ4v) is 2.67. The molecule has 3 rings (SSSR count). The van der Waals surface area contributed by atoms with Crippen LogP contribution in [0.5, 0.6) is 11.5 Å². The number of carbonyl (C=O) groups is 2. The van der Waals surface area contributed by atoms with E-state index in [4.69, 9.17) is 18.9 Å². The van der Waals surface area contributed by atoms with Gasteiger partial charge in [0, 0.05) is 19.2 Å². The van der Waals surface area contributed by atoms with Crippen molar-refractivity contribution in [1.82, 2.24) is 20.3 Å². The first-order valence-electron chi connectivity index (χ1n) is 9.74. The van der Waals surface area contributed by atoms with Crippen molar-refractivity contribution in [2.75, 3.05) is 39.3 Å². The lowest BCUT2D eigenvalue weighted by molar-refractivity contribution is 0.0679. The lowest BCUT2D eigenvalue weighted by Crippen LogP contribution is -2.28. The van der Waals surface area contributed by atoms with Crippen molar-refractivity contribution in [3.63, 3.8) is 0 Å². The van der Waals surface area contributed by atoms with E-state index >= 15 is 0 Å². The highest BCUT2D eigenvalue weighted by Crippen LogP contribution is 2.32. The van der Waals surface area contributed by atoms with Crippen LogP contribution in [0, 0.1) is 0 Å². The maximum absolute atomic E-state index is 11.8. The van der Waals surface area contributed by atoms with Crippen molar-refractivity contribution < 1.29 is 28.5 Å². The minimum Gasteiger partial charge on any atom is -0.493 e. The number of carbonyl (C=O) groups excluding carboxylic acids is 2. The monoisotopic (exact) mass is 441 g/mol. The Balaban J connectivity index is 1.82. The van der Waals surface area contributed by atoms with Crippen LogP contribution in [0.2, 0.25) is 0 Å². The van der Waals surface area contributed by atoms with Crippen LogP contribution in [0.25, 0.3) is 22.4 Å². The zero-order valence-corrected chi connectivity index (χ0v) is 17.9. The van der Waals surface area contributed by atoms with Gasteiger partial charge in [-0.25, -0.2) is 19.6 Å². The number of methoxy groups -OCH3 is 2. The van der Waals surface area contributed by atoms with E-state index in [1.54, 1.807) is 36.5 Å². The van der Waals surface area contributed by atoms with Gasteiger partial charge < -0.3 is 24.3 Å². The van der Waals surface area contributed by atoms with Crippen LogP contribution >= 0.6 is 0 Å². The highest BCUT2D eigenvalue weighted by molar-refractivity contribution is 5.89. The smallest absolute Gasteiger partial charge is 0.493 e. The molecule has 3 aromatic rings. The van der Waals surface area contributed by atoms with Crippen molar-refractivity contribution in [1.29, 1.82) is 0 Å². The molecule has 0 spiro atoms. The Morgan fingerprint density at radius 1 is 1.03 bits per heavy atom. The van der Waals surface area contributed by atoms with Crippen molar-refractivity contribution in [3.05, 3.63) is 36.5 Å². The van der Waals surface area contributed by atoms with Gasteiger partial charge in [0.2, 0.25) is 0 Å². The Hall–Kier alpha value is -3.99. The molecule has 168 valence electrons. The van der Waals surface area contributed by atoms with Crippen LogP contribution in [-0.2, 0) is 9.47 Å². The van der Waals surface area contributed by atoms with Gasteiger partial charge in [0.25, 0.3) is 0 Å². The molecule has 2 N–H and O–H groups in total. The highest BCUT2D eigenvalue weighted by atomic mass is 16.7. The summed E-state index contributed by atoms with van der Waals surface area (Å²) in [7, 11) is 2.96. The topological polar surface area (TPSA) is 134 Å². The lowest BCUT2D eigenvalue weighted by Gasteiger charge is -2.11. The first-order valence-corrected chi connectivity index (χ1v) is 9.74. The molecule has 32 heavy (non-hydrogen) atoms. The number of amides is 2. The van der Waals surface area contributed by atoms with Crippen LogP contribution in [0.1, 0.15) is 6.92 Å². The average molecular weight is 441 g/mol. The summed E-state index contributed by atoms with van der Waals surface area (Å²) in [6, 6.07) is 7.93. The molecule has 2 aromatic heterocycles. The molecule has 2 heterocycles. The highest BCUT2D eigenvalue weighted by Gasteiger charge is 2.14. The first-order chi connectivity index (χ1) is 15.5. The normalized spacial score (nSPS) is 10.5.